The van der Waals surface area contributed by atoms with E-state index in [4.69, 9.17) is 4.74 Å². The van der Waals surface area contributed by atoms with Crippen LogP contribution >= 0.6 is 0 Å². The summed E-state index contributed by atoms with van der Waals surface area (Å²) in [5.41, 5.74) is -0.352. The number of hydrogen-bond acceptors (Lipinski definition) is 5. The van der Waals surface area contributed by atoms with Crippen molar-refractivity contribution in [1.29, 1.82) is 0 Å². The first kappa shape index (κ1) is 34.7. The Labute approximate surface area is 299 Å². The molecule has 6 saturated carbocycles. The Morgan fingerprint density at radius 2 is 1.58 bits per heavy atom. The first-order valence-electron chi connectivity index (χ1n) is 20.3. The Bertz CT molecular complexity index is 1540. The number of amides is 1. The van der Waals surface area contributed by atoms with Crippen LogP contribution in [0.3, 0.4) is 0 Å². The van der Waals surface area contributed by atoms with Crippen LogP contribution in [0.2, 0.25) is 0 Å². The average molecular weight is 690 g/mol. The van der Waals surface area contributed by atoms with Gasteiger partial charge in [0.05, 0.1) is 23.3 Å². The number of carbonyl (C=O) groups excluding carboxylic acids is 2. The molecule has 0 aromatic carbocycles. The summed E-state index contributed by atoms with van der Waals surface area (Å²) in [4.78, 5) is 50.3. The zero-order chi connectivity index (χ0) is 35.6. The lowest BCUT2D eigenvalue weighted by atomic mass is 9.32. The first-order valence-corrected chi connectivity index (χ1v) is 20.3. The molecule has 8 heteroatoms. The van der Waals surface area contributed by atoms with Crippen molar-refractivity contribution in [3.63, 3.8) is 0 Å². The third-order valence-electron chi connectivity index (χ3n) is 18.2. The van der Waals surface area contributed by atoms with Crippen LogP contribution in [0.4, 0.5) is 0 Å². The molecular weight excluding hydrogens is 626 g/mol. The molecular formula is C42H63N3O5. The van der Waals surface area contributed by atoms with Gasteiger partial charge in [-0.2, -0.15) is 0 Å². The molecule has 2 N–H and O–H groups in total. The van der Waals surface area contributed by atoms with Gasteiger partial charge < -0.3 is 19.7 Å². The van der Waals surface area contributed by atoms with Crippen LogP contribution < -0.4 is 0 Å². The van der Waals surface area contributed by atoms with Gasteiger partial charge in [-0.15, -0.1) is 0 Å². The number of esters is 1. The van der Waals surface area contributed by atoms with Crippen LogP contribution in [0.5, 0.6) is 0 Å². The van der Waals surface area contributed by atoms with Gasteiger partial charge in [-0.25, -0.2) is 4.98 Å². The van der Waals surface area contributed by atoms with Crippen molar-refractivity contribution in [2.24, 2.45) is 68.0 Å². The molecule has 1 aromatic heterocycles. The zero-order valence-corrected chi connectivity index (χ0v) is 31.9. The second-order valence-electron chi connectivity index (χ2n) is 20.2. The van der Waals surface area contributed by atoms with Gasteiger partial charge in [-0.3, -0.25) is 14.4 Å². The van der Waals surface area contributed by atoms with Crippen LogP contribution in [0.25, 0.3) is 0 Å². The predicted octanol–water partition coefficient (Wildman–Crippen LogP) is 8.59. The number of likely N-dealkylation sites (tertiary alicyclic amines) is 1. The van der Waals surface area contributed by atoms with E-state index in [0.717, 1.165) is 63.7 Å². The number of aliphatic carboxylic acids is 1. The number of ether oxygens (including phenoxy) is 1. The minimum Gasteiger partial charge on any atom is -0.481 e. The summed E-state index contributed by atoms with van der Waals surface area (Å²) < 4.78 is 6.42. The molecule has 7 aliphatic rings. The number of carbonyl (C=O) groups is 3. The second kappa shape index (κ2) is 11.3. The fraction of sp³-hybridized carbons (Fsp3) is 0.857. The van der Waals surface area contributed by atoms with Gasteiger partial charge in [0.2, 0.25) is 5.91 Å². The molecule has 1 aliphatic heterocycles. The molecule has 50 heavy (non-hydrogen) atoms. The topological polar surface area (TPSA) is 113 Å². The highest BCUT2D eigenvalue weighted by Crippen LogP contribution is 2.77. The van der Waals surface area contributed by atoms with Gasteiger partial charge >= 0.3 is 11.9 Å². The van der Waals surface area contributed by atoms with Gasteiger partial charge in [0.15, 0.2) is 0 Å². The predicted molar refractivity (Wildman–Crippen MR) is 190 cm³/mol. The maximum Gasteiger partial charge on any atom is 0.309 e. The molecule has 1 aromatic rings. The Morgan fingerprint density at radius 1 is 0.800 bits per heavy atom. The quantitative estimate of drug-likeness (QED) is 0.300. The number of fused-ring (bicyclic) bond motifs is 7. The number of aromatic amines is 1. The minimum absolute atomic E-state index is 0.0875. The van der Waals surface area contributed by atoms with Crippen molar-refractivity contribution in [3.05, 3.63) is 18.2 Å². The van der Waals surface area contributed by atoms with Crippen molar-refractivity contribution < 1.29 is 24.2 Å². The lowest BCUT2D eigenvalue weighted by Gasteiger charge is -2.72. The third kappa shape index (κ3) is 4.47. The average Bonchev–Trinajstić information content (AvgIpc) is 3.83. The standard InChI is InChI=1S/C42H63N3O5/c1-37(2)27(34(46)47)24-28(37)35(48)50-32-15-17-39(5)30(38(32,3)4)14-18-41(7)31(39)13-12-25-26-10-8-16-42(26,20-19-40(25,41)6)36(49)45-23-9-11-29(45)33-43-21-22-44-33/h21-22,25-32H,8-20,23-24H2,1-7H3,(H,43,44)(H,46,47)/t25-,26-,27+,28-,29+,30?,31?,32+,39+,40-,41-,42+/m1/s1. The van der Waals surface area contributed by atoms with E-state index in [1.54, 1.807) is 0 Å². The van der Waals surface area contributed by atoms with Gasteiger partial charge in [-0.05, 0) is 129 Å². The van der Waals surface area contributed by atoms with Crippen LogP contribution in [0, 0.1) is 68.0 Å². The SMILES string of the molecule is CC1(C)C2CC[C@]3(C)C(CC[C@@H]4[C@H]5CCC[C@]5(C(=O)N5CCC[C@H]5c5ncc[nH]5)CC[C@]43C)[C@@]2(C)CC[C@@H]1OC(=O)[C@H]1C[C@@H](C(=O)O)C1(C)C. The fourth-order valence-electron chi connectivity index (χ4n) is 15.1. The summed E-state index contributed by atoms with van der Waals surface area (Å²) in [5, 5.41) is 9.63. The van der Waals surface area contributed by atoms with Crippen LogP contribution in [-0.4, -0.2) is 50.5 Å². The van der Waals surface area contributed by atoms with Crippen molar-refractivity contribution in [2.45, 2.75) is 151 Å². The molecule has 276 valence electrons. The van der Waals surface area contributed by atoms with E-state index in [1.165, 1.54) is 32.1 Å². The molecule has 0 radical (unpaired) electrons. The Kier molecular flexibility index (Phi) is 7.85. The largest absolute Gasteiger partial charge is 0.481 e. The molecule has 12 atom stereocenters. The number of H-pyrrole nitrogens is 1. The number of carboxylic acids is 1. The molecule has 6 aliphatic carbocycles. The third-order valence-corrected chi connectivity index (χ3v) is 18.2. The van der Waals surface area contributed by atoms with Crippen LogP contribution in [0.15, 0.2) is 12.4 Å². The number of imidazole rings is 1. The first-order chi connectivity index (χ1) is 23.5. The number of aromatic nitrogens is 2. The normalized spacial score (nSPS) is 47.2. The Balaban J connectivity index is 1.01. The summed E-state index contributed by atoms with van der Waals surface area (Å²) in [5.74, 6) is 1.68. The van der Waals surface area contributed by atoms with E-state index in [1.807, 2.05) is 26.2 Å². The highest BCUT2D eigenvalue weighted by atomic mass is 16.5. The molecule has 8 nitrogen and oxygen atoms in total. The molecule has 1 saturated heterocycles. The van der Waals surface area contributed by atoms with Crippen LogP contribution in [0.1, 0.15) is 150 Å². The zero-order valence-electron chi connectivity index (χ0n) is 31.9. The summed E-state index contributed by atoms with van der Waals surface area (Å²) >= 11 is 0. The smallest absolute Gasteiger partial charge is 0.309 e. The fourth-order valence-corrected chi connectivity index (χ4v) is 15.1. The maximum atomic E-state index is 14.8. The summed E-state index contributed by atoms with van der Waals surface area (Å²) in [6, 6.07) is 0.0875. The van der Waals surface area contributed by atoms with Crippen LogP contribution in [-0.2, 0) is 19.1 Å². The summed E-state index contributed by atoms with van der Waals surface area (Å²) in [6.45, 7) is 17.3. The monoisotopic (exact) mass is 689 g/mol. The highest BCUT2D eigenvalue weighted by molar-refractivity contribution is 5.84. The molecule has 8 rings (SSSR count). The number of nitrogens with zero attached hydrogens (tertiary/aromatic N) is 2. The number of carboxylic acid groups (broad SMARTS) is 1. The van der Waals surface area contributed by atoms with Crippen molar-refractivity contribution in [3.8, 4) is 0 Å². The minimum atomic E-state index is -0.810. The van der Waals surface area contributed by atoms with Gasteiger partial charge in [0.25, 0.3) is 0 Å². The van der Waals surface area contributed by atoms with E-state index < -0.39 is 17.3 Å². The number of hydrogen-bond donors (Lipinski definition) is 2. The number of rotatable bonds is 5. The van der Waals surface area contributed by atoms with Crippen molar-refractivity contribution in [1.82, 2.24) is 14.9 Å². The molecule has 2 heterocycles. The van der Waals surface area contributed by atoms with E-state index >= 15 is 0 Å². The van der Waals surface area contributed by atoms with E-state index in [-0.39, 0.29) is 51.1 Å². The maximum absolute atomic E-state index is 14.8. The van der Waals surface area contributed by atoms with Gasteiger partial charge in [0, 0.05) is 24.4 Å². The second-order valence-corrected chi connectivity index (χ2v) is 20.2. The van der Waals surface area contributed by atoms with Crippen molar-refractivity contribution >= 4 is 17.8 Å². The number of nitrogens with one attached hydrogen (secondary N) is 1. The molecule has 0 spiro atoms. The van der Waals surface area contributed by atoms with E-state index in [9.17, 15) is 19.5 Å². The highest BCUT2D eigenvalue weighted by Gasteiger charge is 2.71. The molecule has 7 fully saturated rings. The van der Waals surface area contributed by atoms with Crippen molar-refractivity contribution in [2.75, 3.05) is 6.54 Å². The lowest BCUT2D eigenvalue weighted by molar-refractivity contribution is -0.250. The Morgan fingerprint density at radius 3 is 2.28 bits per heavy atom. The summed E-state index contributed by atoms with van der Waals surface area (Å²) in [7, 11) is 0. The van der Waals surface area contributed by atoms with Gasteiger partial charge in [0.1, 0.15) is 11.9 Å². The molecule has 0 bridgehead atoms. The van der Waals surface area contributed by atoms with Gasteiger partial charge in [-0.1, -0.05) is 54.9 Å². The molecule has 1 amide bonds. The van der Waals surface area contributed by atoms with E-state index in [2.05, 4.69) is 49.5 Å². The Hall–Kier alpha value is -2.38. The van der Waals surface area contributed by atoms with E-state index in [0.29, 0.717) is 36.0 Å². The lowest BCUT2D eigenvalue weighted by Crippen LogP contribution is -2.67. The summed E-state index contributed by atoms with van der Waals surface area (Å²) in [6.07, 6.45) is 18.3. The molecule has 2 unspecified atom stereocenters.